The second kappa shape index (κ2) is 5.66. The monoisotopic (exact) mass is 399 g/mol. The Kier molecular flexibility index (Phi) is 4.31. The van der Waals surface area contributed by atoms with Gasteiger partial charge in [-0.25, -0.2) is 4.39 Å². The van der Waals surface area contributed by atoms with Crippen LogP contribution >= 0.6 is 22.6 Å². The maximum Gasteiger partial charge on any atom is 0.417 e. The lowest BCUT2D eigenvalue weighted by atomic mass is 10.1. The highest BCUT2D eigenvalue weighted by Gasteiger charge is 2.31. The summed E-state index contributed by atoms with van der Waals surface area (Å²) in [4.78, 5) is 3.58. The molecule has 0 radical (unpaired) electrons. The number of hydrogen-bond donors (Lipinski definition) is 0. The highest BCUT2D eigenvalue weighted by Crippen LogP contribution is 2.29. The Balaban J connectivity index is 2.15. The summed E-state index contributed by atoms with van der Waals surface area (Å²) in [5.74, 6) is -0.933. The first-order valence-electron chi connectivity index (χ1n) is 5.67. The van der Waals surface area contributed by atoms with Crippen molar-refractivity contribution < 1.29 is 17.6 Å². The molecule has 0 atom stereocenters. The predicted octanol–water partition coefficient (Wildman–Crippen LogP) is 3.36. The van der Waals surface area contributed by atoms with Crippen LogP contribution in [0.25, 0.3) is 0 Å². The van der Waals surface area contributed by atoms with Crippen LogP contribution < -0.4 is 0 Å². The largest absolute Gasteiger partial charge is 0.417 e. The highest BCUT2D eigenvalue weighted by atomic mass is 127. The van der Waals surface area contributed by atoms with Gasteiger partial charge < -0.3 is 0 Å². The van der Waals surface area contributed by atoms with Crippen molar-refractivity contribution in [2.75, 3.05) is 0 Å². The smallest absolute Gasteiger partial charge is 0.272 e. The fraction of sp³-hybridized carbons (Fsp3) is 0.333. The van der Waals surface area contributed by atoms with Crippen molar-refractivity contribution in [3.05, 3.63) is 44.8 Å². The van der Waals surface area contributed by atoms with Crippen molar-refractivity contribution in [3.8, 4) is 0 Å². The van der Waals surface area contributed by atoms with E-state index in [0.717, 1.165) is 9.26 Å². The molecule has 0 aliphatic heterocycles. The first-order valence-corrected chi connectivity index (χ1v) is 6.75. The maximum absolute atomic E-state index is 13.6. The van der Waals surface area contributed by atoms with Crippen LogP contribution in [-0.4, -0.2) is 14.8 Å². The summed E-state index contributed by atoms with van der Waals surface area (Å²) in [5, 5.41) is 4.04. The average molecular weight is 399 g/mol. The molecule has 0 aliphatic carbocycles. The first-order chi connectivity index (χ1) is 9.29. The molecule has 0 bridgehead atoms. The van der Waals surface area contributed by atoms with Crippen molar-refractivity contribution in [2.24, 2.45) is 7.05 Å². The minimum Gasteiger partial charge on any atom is -0.272 e. The summed E-state index contributed by atoms with van der Waals surface area (Å²) < 4.78 is 53.4. The zero-order valence-corrected chi connectivity index (χ0v) is 12.5. The van der Waals surface area contributed by atoms with Crippen molar-refractivity contribution >= 4 is 22.6 Å². The molecule has 0 N–H and O–H groups in total. The van der Waals surface area contributed by atoms with Crippen LogP contribution in [0.5, 0.6) is 0 Å². The number of nitrogens with zero attached hydrogens (tertiary/aromatic N) is 3. The SMILES string of the molecule is Cn1ncc(I)c1CCc1ncc(C(F)(F)F)cc1F. The van der Waals surface area contributed by atoms with E-state index < -0.39 is 17.6 Å². The Hall–Kier alpha value is -1.19. The summed E-state index contributed by atoms with van der Waals surface area (Å²) in [6, 6.07) is 0.483. The third-order valence-corrected chi connectivity index (χ3v) is 3.76. The van der Waals surface area contributed by atoms with Gasteiger partial charge in [-0.1, -0.05) is 0 Å². The van der Waals surface area contributed by atoms with Gasteiger partial charge in [0.25, 0.3) is 0 Å². The Morgan fingerprint density at radius 3 is 2.45 bits per heavy atom. The minimum atomic E-state index is -4.58. The molecule has 2 aromatic heterocycles. The molecule has 3 nitrogen and oxygen atoms in total. The van der Waals surface area contributed by atoms with Crippen molar-refractivity contribution in [1.82, 2.24) is 14.8 Å². The molecule has 2 aromatic rings. The second-order valence-electron chi connectivity index (χ2n) is 4.21. The normalized spacial score (nSPS) is 11.9. The number of aromatic nitrogens is 3. The molecule has 20 heavy (non-hydrogen) atoms. The Bertz CT molecular complexity index is 602. The van der Waals surface area contributed by atoms with Gasteiger partial charge >= 0.3 is 6.18 Å². The quantitative estimate of drug-likeness (QED) is 0.586. The third-order valence-electron chi connectivity index (χ3n) is 2.85. The molecule has 0 amide bonds. The molecule has 0 unspecified atom stereocenters. The molecule has 0 aliphatic rings. The fourth-order valence-corrected chi connectivity index (χ4v) is 2.50. The summed E-state index contributed by atoms with van der Waals surface area (Å²) in [6.07, 6.45) is -1.56. The molecule has 0 saturated carbocycles. The number of halogens is 5. The van der Waals surface area contributed by atoms with Gasteiger partial charge in [-0.05, 0) is 41.5 Å². The van der Waals surface area contributed by atoms with Crippen LogP contribution in [0.2, 0.25) is 0 Å². The third kappa shape index (κ3) is 3.28. The van der Waals surface area contributed by atoms with Gasteiger partial charge in [-0.3, -0.25) is 9.67 Å². The molecule has 108 valence electrons. The lowest BCUT2D eigenvalue weighted by Crippen LogP contribution is -2.09. The molecule has 2 heterocycles. The summed E-state index contributed by atoms with van der Waals surface area (Å²) in [5.41, 5.74) is -0.157. The number of aryl methyl sites for hydroxylation is 2. The lowest BCUT2D eigenvalue weighted by Gasteiger charge is -2.08. The number of pyridine rings is 1. The van der Waals surface area contributed by atoms with Crippen LogP contribution in [0.15, 0.2) is 18.5 Å². The van der Waals surface area contributed by atoms with Crippen LogP contribution in [0.4, 0.5) is 17.6 Å². The van der Waals surface area contributed by atoms with Crippen LogP contribution in [0, 0.1) is 9.39 Å². The van der Waals surface area contributed by atoms with Gasteiger partial charge in [0.2, 0.25) is 0 Å². The van der Waals surface area contributed by atoms with E-state index in [2.05, 4.69) is 32.7 Å². The van der Waals surface area contributed by atoms with E-state index in [1.807, 2.05) is 0 Å². The molecule has 0 saturated heterocycles. The topological polar surface area (TPSA) is 30.7 Å². The predicted molar refractivity (Wildman–Crippen MR) is 72.5 cm³/mol. The standard InChI is InChI=1S/C12H10F4IN3/c1-20-11(9(17)6-19-20)3-2-10-8(13)4-7(5-18-10)12(14,15)16/h4-6H,2-3H2,1H3. The fourth-order valence-electron chi connectivity index (χ4n) is 1.76. The van der Waals surface area contributed by atoms with E-state index in [9.17, 15) is 17.6 Å². The average Bonchev–Trinajstić information content (AvgIpc) is 2.67. The molecular weight excluding hydrogens is 389 g/mol. The summed E-state index contributed by atoms with van der Waals surface area (Å²) in [6.45, 7) is 0. The van der Waals surface area contributed by atoms with E-state index in [-0.39, 0.29) is 12.1 Å². The molecule has 2 rings (SSSR count). The van der Waals surface area contributed by atoms with Gasteiger partial charge in [0.05, 0.1) is 26.7 Å². The van der Waals surface area contributed by atoms with Gasteiger partial charge in [-0.2, -0.15) is 18.3 Å². The molecule has 8 heteroatoms. The van der Waals surface area contributed by atoms with Crippen LogP contribution in [0.3, 0.4) is 0 Å². The van der Waals surface area contributed by atoms with E-state index in [0.29, 0.717) is 18.7 Å². The number of hydrogen-bond acceptors (Lipinski definition) is 2. The lowest BCUT2D eigenvalue weighted by molar-refractivity contribution is -0.138. The van der Waals surface area contributed by atoms with Gasteiger partial charge in [0.1, 0.15) is 5.82 Å². The highest BCUT2D eigenvalue weighted by molar-refractivity contribution is 14.1. The Labute approximate surface area is 126 Å². The molecule has 0 spiro atoms. The summed E-state index contributed by atoms with van der Waals surface area (Å²) in [7, 11) is 1.76. The van der Waals surface area contributed by atoms with Gasteiger partial charge in [0.15, 0.2) is 0 Å². The zero-order valence-electron chi connectivity index (χ0n) is 10.4. The van der Waals surface area contributed by atoms with Gasteiger partial charge in [0, 0.05) is 13.2 Å². The van der Waals surface area contributed by atoms with Crippen LogP contribution in [-0.2, 0) is 26.1 Å². The van der Waals surface area contributed by atoms with E-state index >= 15 is 0 Å². The molecule has 0 fully saturated rings. The number of rotatable bonds is 3. The first kappa shape index (κ1) is 15.2. The second-order valence-corrected chi connectivity index (χ2v) is 5.38. The van der Waals surface area contributed by atoms with E-state index in [4.69, 9.17) is 0 Å². The molecule has 0 aromatic carbocycles. The van der Waals surface area contributed by atoms with E-state index in [1.165, 1.54) is 0 Å². The zero-order chi connectivity index (χ0) is 14.9. The summed E-state index contributed by atoms with van der Waals surface area (Å²) >= 11 is 2.10. The van der Waals surface area contributed by atoms with Crippen molar-refractivity contribution in [3.63, 3.8) is 0 Å². The number of alkyl halides is 3. The Morgan fingerprint density at radius 1 is 1.25 bits per heavy atom. The van der Waals surface area contributed by atoms with Crippen molar-refractivity contribution in [1.29, 1.82) is 0 Å². The van der Waals surface area contributed by atoms with Crippen LogP contribution in [0.1, 0.15) is 17.0 Å². The van der Waals surface area contributed by atoms with E-state index in [1.54, 1.807) is 17.9 Å². The maximum atomic E-state index is 13.6. The Morgan fingerprint density at radius 2 is 1.95 bits per heavy atom. The molecular formula is C12H10F4IN3. The minimum absolute atomic E-state index is 0.0231. The van der Waals surface area contributed by atoms with Crippen molar-refractivity contribution in [2.45, 2.75) is 19.0 Å². The van der Waals surface area contributed by atoms with Gasteiger partial charge in [-0.15, -0.1) is 0 Å².